The number of hydrogen-bond donors (Lipinski definition) is 0. The average Bonchev–Trinajstić information content (AvgIpc) is 2.60. The zero-order valence-corrected chi connectivity index (χ0v) is 14.1. The molecule has 10 heteroatoms. The standard InChI is InChI=1S/C18H14F7NO2/c19-16(20,17(21,22)28-18(23,24)25)15(27)26(11-13-7-3-1-4-8-13)12-14-9-5-2-6-10-14/h1-10H,11-12H2. The molecule has 0 heterocycles. The van der Waals surface area contributed by atoms with Crippen molar-refractivity contribution in [3.05, 3.63) is 71.8 Å². The third-order valence-electron chi connectivity index (χ3n) is 3.60. The summed E-state index contributed by atoms with van der Waals surface area (Å²) in [6.07, 6.45) is -12.1. The first-order valence-corrected chi connectivity index (χ1v) is 7.82. The van der Waals surface area contributed by atoms with E-state index in [1.165, 1.54) is 48.5 Å². The number of hydrogen-bond acceptors (Lipinski definition) is 2. The highest BCUT2D eigenvalue weighted by atomic mass is 19.4. The smallest absolute Gasteiger partial charge is 0.329 e. The number of amides is 1. The minimum atomic E-state index is -6.08. The molecule has 0 atom stereocenters. The van der Waals surface area contributed by atoms with E-state index in [0.717, 1.165) is 0 Å². The minimum Gasteiger partial charge on any atom is -0.329 e. The van der Waals surface area contributed by atoms with Gasteiger partial charge in [-0.25, -0.2) is 4.74 Å². The Hall–Kier alpha value is -2.62. The Kier molecular flexibility index (Phi) is 6.33. The first-order chi connectivity index (χ1) is 12.9. The second kappa shape index (κ2) is 8.17. The van der Waals surface area contributed by atoms with Gasteiger partial charge in [0.2, 0.25) is 0 Å². The molecule has 2 rings (SSSR count). The molecular weight excluding hydrogens is 395 g/mol. The number of benzene rings is 2. The summed E-state index contributed by atoms with van der Waals surface area (Å²) in [6.45, 7) is -1.04. The summed E-state index contributed by atoms with van der Waals surface area (Å²) >= 11 is 0. The lowest BCUT2D eigenvalue weighted by Crippen LogP contribution is -2.56. The van der Waals surface area contributed by atoms with Crippen LogP contribution >= 0.6 is 0 Å². The van der Waals surface area contributed by atoms with Gasteiger partial charge in [0.25, 0.3) is 0 Å². The molecule has 2 aromatic rings. The first-order valence-electron chi connectivity index (χ1n) is 7.82. The van der Waals surface area contributed by atoms with E-state index in [1.54, 1.807) is 12.1 Å². The van der Waals surface area contributed by atoms with E-state index in [-0.39, 0.29) is 0 Å². The van der Waals surface area contributed by atoms with Crippen LogP contribution in [0.3, 0.4) is 0 Å². The fourth-order valence-electron chi connectivity index (χ4n) is 2.34. The van der Waals surface area contributed by atoms with Crippen LogP contribution in [0.15, 0.2) is 60.7 Å². The van der Waals surface area contributed by atoms with Crippen molar-refractivity contribution in [1.82, 2.24) is 4.90 Å². The summed E-state index contributed by atoms with van der Waals surface area (Å²) in [5.74, 6) is -8.24. The van der Waals surface area contributed by atoms with Gasteiger partial charge in [-0.2, -0.15) is 17.6 Å². The monoisotopic (exact) mass is 409 g/mol. The Morgan fingerprint density at radius 2 is 1.14 bits per heavy atom. The van der Waals surface area contributed by atoms with Crippen molar-refractivity contribution >= 4 is 5.91 Å². The molecule has 2 aromatic carbocycles. The van der Waals surface area contributed by atoms with E-state index < -0.39 is 37.4 Å². The second-order valence-electron chi connectivity index (χ2n) is 5.77. The average molecular weight is 409 g/mol. The predicted molar refractivity (Wildman–Crippen MR) is 84.2 cm³/mol. The maximum Gasteiger partial charge on any atom is 0.527 e. The van der Waals surface area contributed by atoms with Gasteiger partial charge in [0.1, 0.15) is 0 Å². The van der Waals surface area contributed by atoms with Crippen LogP contribution in [0.4, 0.5) is 30.7 Å². The Morgan fingerprint density at radius 1 is 0.750 bits per heavy atom. The normalized spacial score (nSPS) is 12.7. The van der Waals surface area contributed by atoms with Gasteiger partial charge in [-0.1, -0.05) is 60.7 Å². The lowest BCUT2D eigenvalue weighted by atomic mass is 10.1. The lowest BCUT2D eigenvalue weighted by Gasteiger charge is -2.31. The van der Waals surface area contributed by atoms with Crippen molar-refractivity contribution in [1.29, 1.82) is 0 Å². The number of rotatable bonds is 7. The molecule has 0 aliphatic rings. The fourth-order valence-corrected chi connectivity index (χ4v) is 2.34. The highest BCUT2D eigenvalue weighted by Gasteiger charge is 2.68. The molecule has 3 nitrogen and oxygen atoms in total. The second-order valence-corrected chi connectivity index (χ2v) is 5.77. The highest BCUT2D eigenvalue weighted by Crippen LogP contribution is 2.41. The van der Waals surface area contributed by atoms with Crippen molar-refractivity contribution in [2.45, 2.75) is 31.5 Å². The third kappa shape index (κ3) is 5.44. The molecule has 0 unspecified atom stereocenters. The van der Waals surface area contributed by atoms with E-state index >= 15 is 0 Å². The number of carbonyl (C=O) groups is 1. The highest BCUT2D eigenvalue weighted by molar-refractivity contribution is 5.84. The molecule has 152 valence electrons. The number of halogens is 7. The number of ether oxygens (including phenoxy) is 1. The quantitative estimate of drug-likeness (QED) is 0.604. The summed E-state index contributed by atoms with van der Waals surface area (Å²) < 4.78 is 93.4. The first kappa shape index (κ1) is 21.7. The predicted octanol–water partition coefficient (Wildman–Crippen LogP) is 4.98. The van der Waals surface area contributed by atoms with Crippen LogP contribution in [-0.2, 0) is 22.6 Å². The summed E-state index contributed by atoms with van der Waals surface area (Å²) in [6, 6.07) is 15.1. The summed E-state index contributed by atoms with van der Waals surface area (Å²) in [5, 5.41) is 0. The SMILES string of the molecule is O=C(N(Cc1ccccc1)Cc1ccccc1)C(F)(F)C(F)(F)OC(F)(F)F. The molecule has 0 aliphatic heterocycles. The van der Waals surface area contributed by atoms with Gasteiger partial charge in [0, 0.05) is 13.1 Å². The third-order valence-corrected chi connectivity index (χ3v) is 3.60. The molecule has 0 spiro atoms. The Bertz CT molecular complexity index is 738. The molecule has 1 amide bonds. The molecular formula is C18H14F7NO2. The molecule has 0 aliphatic carbocycles. The van der Waals surface area contributed by atoms with Crippen LogP contribution in [0.1, 0.15) is 11.1 Å². The topological polar surface area (TPSA) is 29.5 Å². The van der Waals surface area contributed by atoms with Crippen molar-refractivity contribution in [3.8, 4) is 0 Å². The Balaban J connectivity index is 2.33. The van der Waals surface area contributed by atoms with Crippen LogP contribution in [0.5, 0.6) is 0 Å². The van der Waals surface area contributed by atoms with Gasteiger partial charge in [-0.15, -0.1) is 13.2 Å². The van der Waals surface area contributed by atoms with Crippen LogP contribution in [0.2, 0.25) is 0 Å². The van der Waals surface area contributed by atoms with E-state index in [2.05, 4.69) is 4.74 Å². The van der Waals surface area contributed by atoms with Gasteiger partial charge < -0.3 is 4.90 Å². The fraction of sp³-hybridized carbons (Fsp3) is 0.278. The van der Waals surface area contributed by atoms with Crippen LogP contribution in [0, 0.1) is 0 Å². The molecule has 0 bridgehead atoms. The van der Waals surface area contributed by atoms with Gasteiger partial charge in [0.15, 0.2) is 0 Å². The molecule has 0 radical (unpaired) electrons. The van der Waals surface area contributed by atoms with E-state index in [4.69, 9.17) is 0 Å². The minimum absolute atomic E-state index is 0.322. The van der Waals surface area contributed by atoms with Crippen molar-refractivity contribution in [3.63, 3.8) is 0 Å². The lowest BCUT2D eigenvalue weighted by molar-refractivity contribution is -0.458. The largest absolute Gasteiger partial charge is 0.527 e. The van der Waals surface area contributed by atoms with Gasteiger partial charge in [-0.3, -0.25) is 4.79 Å². The molecule has 28 heavy (non-hydrogen) atoms. The van der Waals surface area contributed by atoms with Crippen LogP contribution < -0.4 is 0 Å². The number of carbonyl (C=O) groups excluding carboxylic acids is 1. The molecule has 0 aromatic heterocycles. The van der Waals surface area contributed by atoms with E-state index in [9.17, 15) is 35.5 Å². The maximum atomic E-state index is 14.0. The zero-order chi connectivity index (χ0) is 21.0. The molecule has 0 fully saturated rings. The van der Waals surface area contributed by atoms with Gasteiger partial charge in [-0.05, 0) is 11.1 Å². The van der Waals surface area contributed by atoms with Gasteiger partial charge >= 0.3 is 24.3 Å². The summed E-state index contributed by atoms with van der Waals surface area (Å²) in [7, 11) is 0. The van der Waals surface area contributed by atoms with E-state index in [0.29, 0.717) is 16.0 Å². The molecule has 0 saturated carbocycles. The van der Waals surface area contributed by atoms with Gasteiger partial charge in [0.05, 0.1) is 0 Å². The zero-order valence-electron chi connectivity index (χ0n) is 14.1. The van der Waals surface area contributed by atoms with Crippen molar-refractivity contribution in [2.24, 2.45) is 0 Å². The van der Waals surface area contributed by atoms with Crippen molar-refractivity contribution in [2.75, 3.05) is 0 Å². The van der Waals surface area contributed by atoms with Crippen LogP contribution in [0.25, 0.3) is 0 Å². The molecule has 0 saturated heterocycles. The van der Waals surface area contributed by atoms with E-state index in [1.807, 2.05) is 0 Å². The summed E-state index contributed by atoms with van der Waals surface area (Å²) in [5.41, 5.74) is 0.644. The molecule has 0 N–H and O–H groups in total. The Morgan fingerprint density at radius 3 is 1.50 bits per heavy atom. The summed E-state index contributed by atoms with van der Waals surface area (Å²) in [4.78, 5) is 12.5. The van der Waals surface area contributed by atoms with Crippen molar-refractivity contribution < 1.29 is 40.3 Å². The number of alkyl halides is 7. The van der Waals surface area contributed by atoms with Crippen LogP contribution in [-0.4, -0.2) is 29.2 Å². The Labute approximate surface area is 155 Å². The maximum absolute atomic E-state index is 14.0. The number of nitrogens with zero attached hydrogens (tertiary/aromatic N) is 1.